The quantitative estimate of drug-likeness (QED) is 0.522. The highest BCUT2D eigenvalue weighted by molar-refractivity contribution is 5.29. The fourth-order valence-corrected chi connectivity index (χ4v) is 4.98. The first-order valence-corrected chi connectivity index (χ1v) is 10.6. The Bertz CT molecular complexity index is 507. The van der Waals surface area contributed by atoms with E-state index >= 15 is 0 Å². The Hall–Kier alpha value is -1.02. The molecule has 140 valence electrons. The van der Waals surface area contributed by atoms with E-state index in [1.54, 1.807) is 0 Å². The van der Waals surface area contributed by atoms with Crippen LogP contribution in [0.5, 0.6) is 5.75 Å². The molecule has 2 saturated carbocycles. The molecule has 2 heteroatoms. The summed E-state index contributed by atoms with van der Waals surface area (Å²) in [5.41, 5.74) is 1.40. The van der Waals surface area contributed by atoms with Crippen LogP contribution in [-0.4, -0.2) is 12.9 Å². The molecule has 1 aromatic rings. The van der Waals surface area contributed by atoms with Gasteiger partial charge in [0.1, 0.15) is 5.75 Å². The molecule has 2 fully saturated rings. The summed E-state index contributed by atoms with van der Waals surface area (Å²) < 4.78 is 12.5. The molecule has 5 atom stereocenters. The monoisotopic (exact) mass is 344 g/mol. The van der Waals surface area contributed by atoms with Gasteiger partial charge in [-0.05, 0) is 61.6 Å². The van der Waals surface area contributed by atoms with E-state index in [1.165, 1.54) is 56.9 Å². The molecular formula is C23H36O2. The molecule has 0 aliphatic heterocycles. The summed E-state index contributed by atoms with van der Waals surface area (Å²) in [6, 6.07) is 8.71. The Morgan fingerprint density at radius 2 is 1.68 bits per heavy atom. The molecular weight excluding hydrogens is 308 g/mol. The zero-order chi connectivity index (χ0) is 17.6. The predicted octanol–water partition coefficient (Wildman–Crippen LogP) is 6.55. The topological polar surface area (TPSA) is 18.5 Å². The van der Waals surface area contributed by atoms with Gasteiger partial charge < -0.3 is 9.47 Å². The van der Waals surface area contributed by atoms with Crippen molar-refractivity contribution in [3.8, 4) is 5.75 Å². The maximum atomic E-state index is 6.39. The van der Waals surface area contributed by atoms with Crippen LogP contribution in [-0.2, 0) is 4.74 Å². The second-order valence-corrected chi connectivity index (χ2v) is 8.12. The second kappa shape index (κ2) is 9.07. The molecule has 5 unspecified atom stereocenters. The Kier molecular flexibility index (Phi) is 6.81. The minimum Gasteiger partial charge on any atom is -0.465 e. The fraction of sp³-hybridized carbons (Fsp3) is 0.739. The third-order valence-corrected chi connectivity index (χ3v) is 6.62. The van der Waals surface area contributed by atoms with Crippen molar-refractivity contribution < 1.29 is 9.47 Å². The van der Waals surface area contributed by atoms with E-state index < -0.39 is 0 Å². The summed E-state index contributed by atoms with van der Waals surface area (Å²) in [4.78, 5) is 0. The highest BCUT2D eigenvalue weighted by Gasteiger charge is 2.40. The van der Waals surface area contributed by atoms with E-state index in [1.807, 2.05) is 0 Å². The minimum atomic E-state index is -0.0784. The number of fused-ring (bicyclic) bond motifs is 1. The van der Waals surface area contributed by atoms with Crippen LogP contribution in [0.15, 0.2) is 24.3 Å². The summed E-state index contributed by atoms with van der Waals surface area (Å²) in [6.07, 6.45) is 10.7. The zero-order valence-electron chi connectivity index (χ0n) is 16.4. The normalized spacial score (nSPS) is 28.8. The molecule has 2 nitrogen and oxygen atoms in total. The van der Waals surface area contributed by atoms with Crippen molar-refractivity contribution in [2.24, 2.45) is 17.8 Å². The lowest BCUT2D eigenvalue weighted by molar-refractivity contribution is -0.144. The van der Waals surface area contributed by atoms with Gasteiger partial charge in [0.05, 0.1) is 0 Å². The number of benzene rings is 1. The maximum absolute atomic E-state index is 6.39. The van der Waals surface area contributed by atoms with Crippen LogP contribution in [0.25, 0.3) is 0 Å². The van der Waals surface area contributed by atoms with Gasteiger partial charge in [-0.1, -0.05) is 58.1 Å². The molecule has 0 heterocycles. The number of ether oxygens (including phenoxy) is 2. The third-order valence-electron chi connectivity index (χ3n) is 6.62. The molecule has 0 N–H and O–H groups in total. The van der Waals surface area contributed by atoms with Gasteiger partial charge in [0.2, 0.25) is 6.29 Å². The van der Waals surface area contributed by atoms with Gasteiger partial charge >= 0.3 is 0 Å². The molecule has 2 aliphatic carbocycles. The van der Waals surface area contributed by atoms with Crippen LogP contribution in [0.1, 0.15) is 83.6 Å². The SMILES string of the molecule is CCOC(Oc1ccc(C(C)CC)cc1)C1CCCC2CCCCC21. The van der Waals surface area contributed by atoms with Crippen LogP contribution >= 0.6 is 0 Å². The van der Waals surface area contributed by atoms with Crippen LogP contribution in [0.4, 0.5) is 0 Å². The summed E-state index contributed by atoms with van der Waals surface area (Å²) in [6.45, 7) is 7.33. The van der Waals surface area contributed by atoms with Crippen LogP contribution < -0.4 is 4.74 Å². The predicted molar refractivity (Wildman–Crippen MR) is 104 cm³/mol. The van der Waals surface area contributed by atoms with Gasteiger partial charge in [-0.15, -0.1) is 0 Å². The average Bonchev–Trinajstić information content (AvgIpc) is 2.67. The van der Waals surface area contributed by atoms with Crippen molar-refractivity contribution in [2.45, 2.75) is 84.3 Å². The summed E-state index contributed by atoms with van der Waals surface area (Å²) >= 11 is 0. The largest absolute Gasteiger partial charge is 0.465 e. The first-order chi connectivity index (χ1) is 12.2. The molecule has 0 radical (unpaired) electrons. The third kappa shape index (κ3) is 4.58. The number of rotatable bonds is 7. The van der Waals surface area contributed by atoms with Crippen molar-refractivity contribution in [1.29, 1.82) is 0 Å². The van der Waals surface area contributed by atoms with Crippen molar-refractivity contribution in [3.05, 3.63) is 29.8 Å². The summed E-state index contributed by atoms with van der Waals surface area (Å²) in [7, 11) is 0. The highest BCUT2D eigenvalue weighted by atomic mass is 16.7. The van der Waals surface area contributed by atoms with E-state index in [2.05, 4.69) is 45.0 Å². The smallest absolute Gasteiger partial charge is 0.202 e. The Morgan fingerprint density at radius 3 is 2.40 bits per heavy atom. The lowest BCUT2D eigenvalue weighted by Gasteiger charge is -2.44. The zero-order valence-corrected chi connectivity index (χ0v) is 16.4. The van der Waals surface area contributed by atoms with Crippen LogP contribution in [0.3, 0.4) is 0 Å². The van der Waals surface area contributed by atoms with Crippen molar-refractivity contribution in [1.82, 2.24) is 0 Å². The van der Waals surface area contributed by atoms with Crippen LogP contribution in [0.2, 0.25) is 0 Å². The van der Waals surface area contributed by atoms with E-state index in [0.717, 1.165) is 24.2 Å². The lowest BCUT2D eigenvalue weighted by atomic mass is 9.65. The molecule has 0 spiro atoms. The van der Waals surface area contributed by atoms with E-state index in [0.29, 0.717) is 11.8 Å². The van der Waals surface area contributed by atoms with Gasteiger partial charge in [0.25, 0.3) is 0 Å². The lowest BCUT2D eigenvalue weighted by Crippen LogP contribution is -2.41. The fourth-order valence-electron chi connectivity index (χ4n) is 4.98. The molecule has 0 amide bonds. The molecule has 0 aromatic heterocycles. The average molecular weight is 345 g/mol. The standard InChI is InChI=1S/C23H36O2/c1-4-17(3)18-13-15-20(16-14-18)25-23(24-5-2)22-12-8-10-19-9-6-7-11-21(19)22/h13-17,19,21-23H,4-12H2,1-3H3. The number of hydrogen-bond acceptors (Lipinski definition) is 2. The molecule has 2 aliphatic rings. The van der Waals surface area contributed by atoms with Crippen molar-refractivity contribution in [3.63, 3.8) is 0 Å². The maximum Gasteiger partial charge on any atom is 0.202 e. The van der Waals surface area contributed by atoms with Crippen molar-refractivity contribution in [2.75, 3.05) is 6.61 Å². The van der Waals surface area contributed by atoms with E-state index in [4.69, 9.17) is 9.47 Å². The minimum absolute atomic E-state index is 0.0784. The van der Waals surface area contributed by atoms with Gasteiger partial charge in [0, 0.05) is 12.5 Å². The second-order valence-electron chi connectivity index (χ2n) is 8.12. The molecule has 25 heavy (non-hydrogen) atoms. The van der Waals surface area contributed by atoms with Crippen LogP contribution in [0, 0.1) is 17.8 Å². The van der Waals surface area contributed by atoms with Crippen molar-refractivity contribution >= 4 is 0 Å². The molecule has 0 saturated heterocycles. The van der Waals surface area contributed by atoms with Gasteiger partial charge in [-0.3, -0.25) is 0 Å². The van der Waals surface area contributed by atoms with Gasteiger partial charge in [-0.25, -0.2) is 0 Å². The Balaban J connectivity index is 1.70. The molecule has 1 aromatic carbocycles. The summed E-state index contributed by atoms with van der Waals surface area (Å²) in [5, 5.41) is 0. The first kappa shape index (κ1) is 18.8. The Labute approximate surface area is 154 Å². The Morgan fingerprint density at radius 1 is 0.960 bits per heavy atom. The molecule has 3 rings (SSSR count). The van der Waals surface area contributed by atoms with E-state index in [-0.39, 0.29) is 6.29 Å². The highest BCUT2D eigenvalue weighted by Crippen LogP contribution is 2.45. The summed E-state index contributed by atoms with van der Waals surface area (Å²) in [5.74, 6) is 3.85. The molecule has 0 bridgehead atoms. The van der Waals surface area contributed by atoms with Gasteiger partial charge in [0.15, 0.2) is 0 Å². The number of hydrogen-bond donors (Lipinski definition) is 0. The van der Waals surface area contributed by atoms with Gasteiger partial charge in [-0.2, -0.15) is 0 Å². The first-order valence-electron chi connectivity index (χ1n) is 10.6. The van der Waals surface area contributed by atoms with E-state index in [9.17, 15) is 0 Å².